The molecule has 0 atom stereocenters. The van der Waals surface area contributed by atoms with E-state index in [1.54, 1.807) is 24.3 Å². The number of hydrogen-bond donors (Lipinski definition) is 1. The normalized spacial score (nSPS) is 10.1. The van der Waals surface area contributed by atoms with Crippen LogP contribution in [0.25, 0.3) is 0 Å². The molecule has 0 saturated carbocycles. The van der Waals surface area contributed by atoms with Gasteiger partial charge in [0.2, 0.25) is 0 Å². The number of halogens is 1. The van der Waals surface area contributed by atoms with Gasteiger partial charge in [0.25, 0.3) is 0 Å². The maximum absolute atomic E-state index is 12.9. The average Bonchev–Trinajstić information content (AvgIpc) is 2.41. The molecule has 2 aromatic carbocycles. The summed E-state index contributed by atoms with van der Waals surface area (Å²) < 4.78 is 18.4. The second-order valence-corrected chi connectivity index (χ2v) is 3.70. The summed E-state index contributed by atoms with van der Waals surface area (Å²) in [6.45, 7) is -0.0452. The molecule has 92 valence electrons. The first-order chi connectivity index (χ1) is 8.72. The number of aldehydes is 1. The van der Waals surface area contributed by atoms with Crippen LogP contribution in [-0.4, -0.2) is 11.4 Å². The van der Waals surface area contributed by atoms with Crippen LogP contribution in [0.15, 0.2) is 42.5 Å². The number of aliphatic hydroxyl groups excluding tert-OH is 1. The number of carbonyl (C=O) groups is 1. The number of benzene rings is 2. The molecule has 2 aromatic rings. The van der Waals surface area contributed by atoms with Gasteiger partial charge < -0.3 is 9.84 Å². The topological polar surface area (TPSA) is 46.5 Å². The van der Waals surface area contributed by atoms with Crippen molar-refractivity contribution in [3.63, 3.8) is 0 Å². The van der Waals surface area contributed by atoms with E-state index in [1.807, 2.05) is 0 Å². The predicted octanol–water partition coefficient (Wildman–Crippen LogP) is 2.92. The Bertz CT molecular complexity index is 549. The summed E-state index contributed by atoms with van der Waals surface area (Å²) in [5.74, 6) is 0.324. The summed E-state index contributed by atoms with van der Waals surface area (Å²) in [6.07, 6.45) is 0.542. The molecule has 18 heavy (non-hydrogen) atoms. The van der Waals surface area contributed by atoms with Gasteiger partial charge in [-0.15, -0.1) is 0 Å². The van der Waals surface area contributed by atoms with Crippen molar-refractivity contribution in [1.82, 2.24) is 0 Å². The quantitative estimate of drug-likeness (QED) is 0.844. The third kappa shape index (κ3) is 2.73. The van der Waals surface area contributed by atoms with Gasteiger partial charge in [0.15, 0.2) is 6.29 Å². The molecule has 0 fully saturated rings. The fourth-order valence-corrected chi connectivity index (χ4v) is 1.49. The Morgan fingerprint density at radius 2 is 1.89 bits per heavy atom. The molecule has 0 radical (unpaired) electrons. The van der Waals surface area contributed by atoms with Crippen LogP contribution in [0.2, 0.25) is 0 Å². The first-order valence-electron chi connectivity index (χ1n) is 5.35. The molecule has 2 rings (SSSR count). The van der Waals surface area contributed by atoms with E-state index in [0.717, 1.165) is 11.6 Å². The van der Waals surface area contributed by atoms with Crippen molar-refractivity contribution in [1.29, 1.82) is 0 Å². The number of aliphatic hydroxyl groups is 1. The molecule has 0 aliphatic rings. The van der Waals surface area contributed by atoms with Crippen molar-refractivity contribution in [3.8, 4) is 11.5 Å². The largest absolute Gasteiger partial charge is 0.457 e. The van der Waals surface area contributed by atoms with E-state index in [1.165, 1.54) is 12.1 Å². The standard InChI is InChI=1S/C14H11FO3/c15-12-3-6-14(11(7-12)9-17)18-13-4-1-10(8-16)2-5-13/h1-7,9,16H,8H2. The molecule has 0 amide bonds. The Labute approximate surface area is 103 Å². The number of rotatable bonds is 4. The fraction of sp³-hybridized carbons (Fsp3) is 0.0714. The van der Waals surface area contributed by atoms with Crippen molar-refractivity contribution in [2.45, 2.75) is 6.61 Å². The Kier molecular flexibility index (Phi) is 3.69. The van der Waals surface area contributed by atoms with Crippen LogP contribution < -0.4 is 4.74 Å². The highest BCUT2D eigenvalue weighted by molar-refractivity contribution is 5.79. The van der Waals surface area contributed by atoms with Gasteiger partial charge in [-0.25, -0.2) is 4.39 Å². The molecule has 0 aromatic heterocycles. The van der Waals surface area contributed by atoms with Crippen molar-refractivity contribution in [2.75, 3.05) is 0 Å². The van der Waals surface area contributed by atoms with Gasteiger partial charge in [0, 0.05) is 0 Å². The number of hydrogen-bond acceptors (Lipinski definition) is 3. The summed E-state index contributed by atoms with van der Waals surface area (Å²) in [5.41, 5.74) is 0.915. The van der Waals surface area contributed by atoms with E-state index >= 15 is 0 Å². The molecule has 0 saturated heterocycles. The maximum Gasteiger partial charge on any atom is 0.153 e. The Balaban J connectivity index is 2.24. The Hall–Kier alpha value is -2.20. The minimum Gasteiger partial charge on any atom is -0.457 e. The zero-order valence-corrected chi connectivity index (χ0v) is 9.47. The molecule has 1 N–H and O–H groups in total. The fourth-order valence-electron chi connectivity index (χ4n) is 1.49. The van der Waals surface area contributed by atoms with Crippen LogP contribution in [0.5, 0.6) is 11.5 Å². The second-order valence-electron chi connectivity index (χ2n) is 3.70. The van der Waals surface area contributed by atoms with Crippen LogP contribution in [0, 0.1) is 5.82 Å². The molecule has 0 aliphatic carbocycles. The van der Waals surface area contributed by atoms with Crippen molar-refractivity contribution < 1.29 is 19.0 Å². The van der Waals surface area contributed by atoms with Gasteiger partial charge in [0.05, 0.1) is 12.2 Å². The van der Waals surface area contributed by atoms with Gasteiger partial charge >= 0.3 is 0 Å². The SMILES string of the molecule is O=Cc1cc(F)ccc1Oc1ccc(CO)cc1. The molecule has 0 bridgehead atoms. The van der Waals surface area contributed by atoms with Gasteiger partial charge in [-0.3, -0.25) is 4.79 Å². The second kappa shape index (κ2) is 5.42. The molecule has 0 unspecified atom stereocenters. The minimum absolute atomic E-state index is 0.0452. The van der Waals surface area contributed by atoms with Gasteiger partial charge in [-0.05, 0) is 35.9 Å². The number of carbonyl (C=O) groups excluding carboxylic acids is 1. The molecular weight excluding hydrogens is 235 g/mol. The highest BCUT2D eigenvalue weighted by Gasteiger charge is 2.05. The lowest BCUT2D eigenvalue weighted by Gasteiger charge is -2.08. The molecular formula is C14H11FO3. The maximum atomic E-state index is 12.9. The Morgan fingerprint density at radius 1 is 1.17 bits per heavy atom. The summed E-state index contributed by atoms with van der Waals surface area (Å²) >= 11 is 0. The predicted molar refractivity (Wildman–Crippen MR) is 64.2 cm³/mol. The van der Waals surface area contributed by atoms with Gasteiger partial charge in [0.1, 0.15) is 17.3 Å². The smallest absolute Gasteiger partial charge is 0.153 e. The first kappa shape index (κ1) is 12.3. The molecule has 0 heterocycles. The molecule has 3 nitrogen and oxygen atoms in total. The molecule has 0 spiro atoms. The van der Waals surface area contributed by atoms with E-state index < -0.39 is 5.82 Å². The Morgan fingerprint density at radius 3 is 2.50 bits per heavy atom. The van der Waals surface area contributed by atoms with E-state index in [9.17, 15) is 9.18 Å². The van der Waals surface area contributed by atoms with Crippen molar-refractivity contribution in [2.24, 2.45) is 0 Å². The minimum atomic E-state index is -0.486. The van der Waals surface area contributed by atoms with Crippen molar-refractivity contribution in [3.05, 3.63) is 59.4 Å². The highest BCUT2D eigenvalue weighted by atomic mass is 19.1. The van der Waals surface area contributed by atoms with Crippen LogP contribution >= 0.6 is 0 Å². The van der Waals surface area contributed by atoms with Crippen LogP contribution in [0.4, 0.5) is 4.39 Å². The summed E-state index contributed by atoms with van der Waals surface area (Å²) in [5, 5.41) is 8.90. The van der Waals surface area contributed by atoms with Crippen LogP contribution in [0.3, 0.4) is 0 Å². The summed E-state index contributed by atoms with van der Waals surface area (Å²) in [6, 6.07) is 10.5. The van der Waals surface area contributed by atoms with Crippen molar-refractivity contribution >= 4 is 6.29 Å². The van der Waals surface area contributed by atoms with E-state index in [-0.39, 0.29) is 12.2 Å². The lowest BCUT2D eigenvalue weighted by molar-refractivity contribution is 0.112. The molecule has 4 heteroatoms. The van der Waals surface area contributed by atoms with Crippen LogP contribution in [-0.2, 0) is 6.61 Å². The third-order valence-corrected chi connectivity index (χ3v) is 2.43. The van der Waals surface area contributed by atoms with Gasteiger partial charge in [-0.1, -0.05) is 12.1 Å². The van der Waals surface area contributed by atoms with Crippen LogP contribution in [0.1, 0.15) is 15.9 Å². The van der Waals surface area contributed by atoms with Gasteiger partial charge in [-0.2, -0.15) is 0 Å². The lowest BCUT2D eigenvalue weighted by Crippen LogP contribution is -1.92. The summed E-state index contributed by atoms with van der Waals surface area (Å²) in [7, 11) is 0. The highest BCUT2D eigenvalue weighted by Crippen LogP contribution is 2.25. The lowest BCUT2D eigenvalue weighted by atomic mass is 10.2. The average molecular weight is 246 g/mol. The first-order valence-corrected chi connectivity index (χ1v) is 5.35. The monoisotopic (exact) mass is 246 g/mol. The molecule has 0 aliphatic heterocycles. The summed E-state index contributed by atoms with van der Waals surface area (Å²) in [4.78, 5) is 10.8. The third-order valence-electron chi connectivity index (χ3n) is 2.43. The van der Waals surface area contributed by atoms with E-state index in [0.29, 0.717) is 17.8 Å². The van der Waals surface area contributed by atoms with E-state index in [2.05, 4.69) is 0 Å². The zero-order valence-electron chi connectivity index (χ0n) is 9.47. The zero-order chi connectivity index (χ0) is 13.0. The number of ether oxygens (including phenoxy) is 1. The van der Waals surface area contributed by atoms with E-state index in [4.69, 9.17) is 9.84 Å².